The van der Waals surface area contributed by atoms with E-state index in [1.807, 2.05) is 0 Å². The van der Waals surface area contributed by atoms with Gasteiger partial charge in [-0.1, -0.05) is 19.1 Å². The molecule has 0 aromatic heterocycles. The summed E-state index contributed by atoms with van der Waals surface area (Å²) in [5.41, 5.74) is 1.86. The van der Waals surface area contributed by atoms with Crippen molar-refractivity contribution in [2.24, 2.45) is 5.92 Å². The summed E-state index contributed by atoms with van der Waals surface area (Å²) in [7, 11) is -0.263. The van der Waals surface area contributed by atoms with Crippen LogP contribution in [0.3, 0.4) is 0 Å². The van der Waals surface area contributed by atoms with Gasteiger partial charge < -0.3 is 14.2 Å². The standard InChI is InChI=1S/C18H28BNO2/c1-14-10-12-20(13-11-14)16-8-6-15(7-9-16)19-21-17(2,3)18(4,5)22-19/h6-9,14H,10-13H2,1-5H3. The van der Waals surface area contributed by atoms with Crippen molar-refractivity contribution >= 4 is 18.3 Å². The van der Waals surface area contributed by atoms with Crippen LogP contribution < -0.4 is 10.4 Å². The molecule has 22 heavy (non-hydrogen) atoms. The minimum Gasteiger partial charge on any atom is -0.399 e. The maximum absolute atomic E-state index is 6.11. The quantitative estimate of drug-likeness (QED) is 0.783. The largest absolute Gasteiger partial charge is 0.494 e. The molecule has 0 atom stereocenters. The van der Waals surface area contributed by atoms with E-state index in [4.69, 9.17) is 9.31 Å². The zero-order valence-corrected chi connectivity index (χ0v) is 14.6. The third kappa shape index (κ3) is 2.91. The molecule has 0 aliphatic carbocycles. The van der Waals surface area contributed by atoms with E-state index in [1.54, 1.807) is 0 Å². The normalized spacial score (nSPS) is 24.8. The number of benzene rings is 1. The molecule has 0 amide bonds. The first-order valence-electron chi connectivity index (χ1n) is 8.49. The zero-order valence-electron chi connectivity index (χ0n) is 14.6. The smallest absolute Gasteiger partial charge is 0.399 e. The molecule has 0 bridgehead atoms. The second-order valence-corrected chi connectivity index (χ2v) is 7.85. The van der Waals surface area contributed by atoms with E-state index in [-0.39, 0.29) is 18.3 Å². The summed E-state index contributed by atoms with van der Waals surface area (Å²) >= 11 is 0. The molecule has 3 rings (SSSR count). The lowest BCUT2D eigenvalue weighted by atomic mass is 9.79. The van der Waals surface area contributed by atoms with Crippen LogP contribution in [-0.2, 0) is 9.31 Å². The highest BCUT2D eigenvalue weighted by molar-refractivity contribution is 6.62. The highest BCUT2D eigenvalue weighted by Crippen LogP contribution is 2.36. The molecule has 1 aromatic carbocycles. The monoisotopic (exact) mass is 301 g/mol. The fourth-order valence-corrected chi connectivity index (χ4v) is 3.09. The van der Waals surface area contributed by atoms with Crippen molar-refractivity contribution in [1.29, 1.82) is 0 Å². The Hall–Kier alpha value is -0.995. The number of rotatable bonds is 2. The SMILES string of the molecule is CC1CCN(c2ccc(B3OC(C)(C)C(C)(C)O3)cc2)CC1. The van der Waals surface area contributed by atoms with Crippen molar-refractivity contribution in [1.82, 2.24) is 0 Å². The van der Waals surface area contributed by atoms with E-state index < -0.39 is 0 Å². The Kier molecular flexibility index (Phi) is 4.02. The van der Waals surface area contributed by atoms with Crippen molar-refractivity contribution in [3.8, 4) is 0 Å². The highest BCUT2D eigenvalue weighted by atomic mass is 16.7. The van der Waals surface area contributed by atoms with Crippen LogP contribution in [0.15, 0.2) is 24.3 Å². The van der Waals surface area contributed by atoms with Crippen LogP contribution in [0.25, 0.3) is 0 Å². The summed E-state index contributed by atoms with van der Waals surface area (Å²) in [6.45, 7) is 13.0. The molecule has 120 valence electrons. The van der Waals surface area contributed by atoms with Gasteiger partial charge in [0, 0.05) is 18.8 Å². The van der Waals surface area contributed by atoms with Crippen LogP contribution in [0.5, 0.6) is 0 Å². The van der Waals surface area contributed by atoms with Gasteiger partial charge in [-0.3, -0.25) is 0 Å². The van der Waals surface area contributed by atoms with Gasteiger partial charge in [0.1, 0.15) is 0 Å². The minimum absolute atomic E-state index is 0.263. The van der Waals surface area contributed by atoms with Gasteiger partial charge in [0.25, 0.3) is 0 Å². The number of hydrogen-bond donors (Lipinski definition) is 0. The lowest BCUT2D eigenvalue weighted by molar-refractivity contribution is 0.00578. The van der Waals surface area contributed by atoms with E-state index in [0.29, 0.717) is 0 Å². The maximum Gasteiger partial charge on any atom is 0.494 e. The molecule has 2 aliphatic heterocycles. The molecule has 2 heterocycles. The highest BCUT2D eigenvalue weighted by Gasteiger charge is 2.51. The van der Waals surface area contributed by atoms with Gasteiger partial charge in [0.15, 0.2) is 0 Å². The number of nitrogens with zero attached hydrogens (tertiary/aromatic N) is 1. The van der Waals surface area contributed by atoms with E-state index in [1.165, 1.54) is 18.5 Å². The summed E-state index contributed by atoms with van der Waals surface area (Å²) in [5.74, 6) is 0.861. The molecule has 0 N–H and O–H groups in total. The molecule has 2 aliphatic rings. The van der Waals surface area contributed by atoms with Crippen molar-refractivity contribution in [2.75, 3.05) is 18.0 Å². The second-order valence-electron chi connectivity index (χ2n) is 7.85. The predicted molar refractivity (Wildman–Crippen MR) is 92.8 cm³/mol. The van der Waals surface area contributed by atoms with Crippen LogP contribution in [0.4, 0.5) is 5.69 Å². The molecule has 4 heteroatoms. The van der Waals surface area contributed by atoms with Crippen LogP contribution in [0.1, 0.15) is 47.5 Å². The van der Waals surface area contributed by atoms with E-state index in [9.17, 15) is 0 Å². The third-order valence-corrected chi connectivity index (χ3v) is 5.57. The first-order valence-corrected chi connectivity index (χ1v) is 8.49. The molecular formula is C18H28BNO2. The average Bonchev–Trinajstić information content (AvgIpc) is 2.68. The summed E-state index contributed by atoms with van der Waals surface area (Å²) in [5, 5.41) is 0. The summed E-state index contributed by atoms with van der Waals surface area (Å²) < 4.78 is 12.2. The number of anilines is 1. The van der Waals surface area contributed by atoms with Gasteiger partial charge in [-0.15, -0.1) is 0 Å². The van der Waals surface area contributed by atoms with E-state index in [0.717, 1.165) is 24.5 Å². The van der Waals surface area contributed by atoms with E-state index in [2.05, 4.69) is 63.8 Å². The summed E-state index contributed by atoms with van der Waals surface area (Å²) in [4.78, 5) is 2.48. The Morgan fingerprint density at radius 3 is 1.95 bits per heavy atom. The Morgan fingerprint density at radius 2 is 1.45 bits per heavy atom. The minimum atomic E-state index is -0.278. The zero-order chi connectivity index (χ0) is 16.0. The van der Waals surface area contributed by atoms with Crippen LogP contribution in [-0.4, -0.2) is 31.4 Å². The summed E-state index contributed by atoms with van der Waals surface area (Å²) in [6, 6.07) is 8.71. The van der Waals surface area contributed by atoms with Gasteiger partial charge in [-0.25, -0.2) is 0 Å². The Labute approximate surface area is 135 Å². The number of hydrogen-bond acceptors (Lipinski definition) is 3. The number of piperidine rings is 1. The topological polar surface area (TPSA) is 21.7 Å². The Balaban J connectivity index is 1.70. The second kappa shape index (κ2) is 5.57. The lowest BCUT2D eigenvalue weighted by Gasteiger charge is -2.32. The third-order valence-electron chi connectivity index (χ3n) is 5.57. The first-order chi connectivity index (χ1) is 10.3. The molecule has 0 radical (unpaired) electrons. The molecule has 0 saturated carbocycles. The molecule has 3 nitrogen and oxygen atoms in total. The maximum atomic E-state index is 6.11. The van der Waals surface area contributed by atoms with Gasteiger partial charge in [-0.2, -0.15) is 0 Å². The predicted octanol–water partition coefficient (Wildman–Crippen LogP) is 3.22. The van der Waals surface area contributed by atoms with Crippen molar-refractivity contribution in [3.05, 3.63) is 24.3 Å². The molecular weight excluding hydrogens is 273 g/mol. The molecule has 0 unspecified atom stereocenters. The first kappa shape index (κ1) is 15.9. The van der Waals surface area contributed by atoms with Crippen molar-refractivity contribution in [3.63, 3.8) is 0 Å². The van der Waals surface area contributed by atoms with Gasteiger partial charge in [0.05, 0.1) is 11.2 Å². The summed E-state index contributed by atoms with van der Waals surface area (Å²) in [6.07, 6.45) is 2.58. The van der Waals surface area contributed by atoms with Crippen molar-refractivity contribution < 1.29 is 9.31 Å². The molecule has 0 spiro atoms. The van der Waals surface area contributed by atoms with Crippen LogP contribution >= 0.6 is 0 Å². The Morgan fingerprint density at radius 1 is 0.955 bits per heavy atom. The van der Waals surface area contributed by atoms with Gasteiger partial charge in [-0.05, 0) is 64.1 Å². The fraction of sp³-hybridized carbons (Fsp3) is 0.667. The van der Waals surface area contributed by atoms with Gasteiger partial charge in [0.2, 0.25) is 0 Å². The Bertz CT molecular complexity index is 502. The molecule has 1 aromatic rings. The van der Waals surface area contributed by atoms with E-state index >= 15 is 0 Å². The lowest BCUT2D eigenvalue weighted by Crippen LogP contribution is -2.41. The van der Waals surface area contributed by atoms with Gasteiger partial charge >= 0.3 is 7.12 Å². The van der Waals surface area contributed by atoms with Crippen LogP contribution in [0, 0.1) is 5.92 Å². The molecule has 2 fully saturated rings. The fourth-order valence-electron chi connectivity index (χ4n) is 3.09. The average molecular weight is 301 g/mol. The van der Waals surface area contributed by atoms with Crippen LogP contribution in [0.2, 0.25) is 0 Å². The molecule has 2 saturated heterocycles. The van der Waals surface area contributed by atoms with Crippen molar-refractivity contribution in [2.45, 2.75) is 58.7 Å².